The molecular weight excluding hydrogens is 574 g/mol. The number of likely N-dealkylation sites (tertiary alicyclic amines) is 1. The van der Waals surface area contributed by atoms with Crippen molar-refractivity contribution in [2.24, 2.45) is 11.8 Å². The first-order valence-corrected chi connectivity index (χ1v) is 16.4. The van der Waals surface area contributed by atoms with Crippen LogP contribution in [0, 0.1) is 23.5 Å². The quantitative estimate of drug-likeness (QED) is 0.247. The van der Waals surface area contributed by atoms with E-state index < -0.39 is 12.0 Å². The molecule has 0 spiro atoms. The standard InChI is InChI=1S/C36H48F2N4O3/c1-6-42-33(20-29(39-42)16-24-10-11-34(45-5)32(38)17-24)25-12-14-41(15-13-25)22-27-19-30(40(4)35(23(2)3)36(43)44)21-31(27)26-8-7-9-28(37)18-26/h7-11,17-18,20,23,25,27,30-31,35H,6,12-16,19,21-22H2,1-5H3,(H,43,44)/t27-,30?,31-,35-/m1/s1. The van der Waals surface area contributed by atoms with Crippen molar-refractivity contribution in [2.45, 2.75) is 83.3 Å². The first-order chi connectivity index (χ1) is 21.6. The van der Waals surface area contributed by atoms with E-state index in [-0.39, 0.29) is 35.3 Å². The highest BCUT2D eigenvalue weighted by Gasteiger charge is 2.42. The fourth-order valence-corrected chi connectivity index (χ4v) is 7.86. The molecule has 2 aliphatic rings. The SMILES string of the molecule is CCn1nc(Cc2ccc(OC)c(F)c2)cc1C1CCN(C[C@H]2CC(N(C)[C@@H](C(=O)O)C(C)C)C[C@@H]2c2cccc(F)c2)CC1. The number of piperidine rings is 1. The number of nitrogens with zero attached hydrogens (tertiary/aromatic N) is 4. The summed E-state index contributed by atoms with van der Waals surface area (Å²) in [6.07, 6.45) is 4.34. The van der Waals surface area contributed by atoms with E-state index in [9.17, 15) is 18.7 Å². The molecule has 3 aromatic rings. The summed E-state index contributed by atoms with van der Waals surface area (Å²) < 4.78 is 35.7. The maximum absolute atomic E-state index is 14.3. The summed E-state index contributed by atoms with van der Waals surface area (Å²) in [6, 6.07) is 13.8. The van der Waals surface area contributed by atoms with Gasteiger partial charge in [-0.15, -0.1) is 0 Å². The van der Waals surface area contributed by atoms with E-state index in [0.29, 0.717) is 18.3 Å². The minimum atomic E-state index is -0.786. The molecule has 1 aliphatic heterocycles. The van der Waals surface area contributed by atoms with Gasteiger partial charge in [-0.3, -0.25) is 14.4 Å². The number of hydrogen-bond acceptors (Lipinski definition) is 5. The van der Waals surface area contributed by atoms with Gasteiger partial charge in [-0.2, -0.15) is 5.10 Å². The van der Waals surface area contributed by atoms with E-state index in [0.717, 1.165) is 68.7 Å². The fraction of sp³-hybridized carbons (Fsp3) is 0.556. The van der Waals surface area contributed by atoms with Crippen molar-refractivity contribution in [3.05, 3.63) is 82.7 Å². The Morgan fingerprint density at radius 3 is 2.49 bits per heavy atom. The number of methoxy groups -OCH3 is 1. The van der Waals surface area contributed by atoms with Crippen molar-refractivity contribution < 1.29 is 23.4 Å². The number of carboxylic acids is 1. The zero-order valence-electron chi connectivity index (χ0n) is 27.3. The zero-order valence-corrected chi connectivity index (χ0v) is 27.3. The average Bonchev–Trinajstić information content (AvgIpc) is 3.61. The lowest BCUT2D eigenvalue weighted by Crippen LogP contribution is -2.47. The van der Waals surface area contributed by atoms with Gasteiger partial charge >= 0.3 is 5.97 Å². The monoisotopic (exact) mass is 622 g/mol. The first-order valence-electron chi connectivity index (χ1n) is 16.4. The van der Waals surface area contributed by atoms with E-state index in [1.807, 2.05) is 33.0 Å². The Hall–Kier alpha value is -3.30. The number of likely N-dealkylation sites (N-methyl/N-ethyl adjacent to an activating group) is 1. The molecular formula is C36H48F2N4O3. The second kappa shape index (κ2) is 14.4. The number of carbonyl (C=O) groups is 1. The molecule has 1 unspecified atom stereocenters. The van der Waals surface area contributed by atoms with Gasteiger partial charge in [0.2, 0.25) is 0 Å². The number of aryl methyl sites for hydroxylation is 1. The van der Waals surface area contributed by atoms with Crippen LogP contribution >= 0.6 is 0 Å². The Kier molecular flexibility index (Phi) is 10.6. The predicted molar refractivity (Wildman–Crippen MR) is 172 cm³/mol. The molecule has 4 atom stereocenters. The minimum Gasteiger partial charge on any atom is -0.494 e. The zero-order chi connectivity index (χ0) is 32.2. The number of aromatic nitrogens is 2. The summed E-state index contributed by atoms with van der Waals surface area (Å²) >= 11 is 0. The summed E-state index contributed by atoms with van der Waals surface area (Å²) in [7, 11) is 3.41. The summed E-state index contributed by atoms with van der Waals surface area (Å²) in [5, 5.41) is 14.8. The largest absolute Gasteiger partial charge is 0.494 e. The topological polar surface area (TPSA) is 70.8 Å². The van der Waals surface area contributed by atoms with Gasteiger partial charge in [-0.05, 0) is 112 Å². The van der Waals surface area contributed by atoms with Gasteiger partial charge in [0.15, 0.2) is 11.6 Å². The molecule has 0 bridgehead atoms. The van der Waals surface area contributed by atoms with Gasteiger partial charge in [-0.25, -0.2) is 8.78 Å². The third-order valence-corrected chi connectivity index (χ3v) is 10.1. The smallest absolute Gasteiger partial charge is 0.321 e. The van der Waals surface area contributed by atoms with Gasteiger partial charge in [0.1, 0.15) is 11.9 Å². The number of carboxylic acid groups (broad SMARTS) is 1. The molecule has 1 saturated carbocycles. The van der Waals surface area contributed by atoms with Crippen LogP contribution in [0.2, 0.25) is 0 Å². The number of benzene rings is 2. The van der Waals surface area contributed by atoms with Crippen LogP contribution in [0.5, 0.6) is 5.75 Å². The molecule has 244 valence electrons. The summed E-state index contributed by atoms with van der Waals surface area (Å²) in [6.45, 7) is 9.66. The molecule has 1 saturated heterocycles. The Morgan fingerprint density at radius 1 is 1.11 bits per heavy atom. The van der Waals surface area contributed by atoms with Crippen molar-refractivity contribution in [1.29, 1.82) is 0 Å². The van der Waals surface area contributed by atoms with Gasteiger partial charge in [0.25, 0.3) is 0 Å². The number of rotatable bonds is 12. The van der Waals surface area contributed by atoms with Crippen molar-refractivity contribution in [2.75, 3.05) is 33.8 Å². The Balaban J connectivity index is 1.25. The molecule has 2 aromatic carbocycles. The van der Waals surface area contributed by atoms with Gasteiger partial charge in [-0.1, -0.05) is 32.0 Å². The number of aliphatic carboxylic acids is 1. The second-order valence-electron chi connectivity index (χ2n) is 13.3. The molecule has 2 heterocycles. The van der Waals surface area contributed by atoms with Crippen LogP contribution in [0.25, 0.3) is 0 Å². The van der Waals surface area contributed by atoms with Gasteiger partial charge < -0.3 is 14.7 Å². The molecule has 9 heteroatoms. The van der Waals surface area contributed by atoms with E-state index in [1.165, 1.54) is 24.9 Å². The highest BCUT2D eigenvalue weighted by atomic mass is 19.1. The lowest BCUT2D eigenvalue weighted by atomic mass is 9.87. The van der Waals surface area contributed by atoms with Crippen LogP contribution < -0.4 is 4.74 Å². The van der Waals surface area contributed by atoms with Crippen LogP contribution in [0.3, 0.4) is 0 Å². The lowest BCUT2D eigenvalue weighted by Gasteiger charge is -2.35. The van der Waals surface area contributed by atoms with Gasteiger partial charge in [0.05, 0.1) is 12.8 Å². The number of halogens is 2. The van der Waals surface area contributed by atoms with E-state index in [2.05, 4.69) is 27.5 Å². The lowest BCUT2D eigenvalue weighted by molar-refractivity contribution is -0.145. The predicted octanol–water partition coefficient (Wildman–Crippen LogP) is 6.56. The van der Waals surface area contributed by atoms with E-state index in [4.69, 9.17) is 9.84 Å². The maximum atomic E-state index is 14.3. The van der Waals surface area contributed by atoms with Crippen LogP contribution in [-0.4, -0.2) is 76.5 Å². The highest BCUT2D eigenvalue weighted by Crippen LogP contribution is 2.43. The molecule has 2 fully saturated rings. The van der Waals surface area contributed by atoms with Crippen molar-refractivity contribution in [3.63, 3.8) is 0 Å². The van der Waals surface area contributed by atoms with Gasteiger partial charge in [0, 0.05) is 37.2 Å². The molecule has 45 heavy (non-hydrogen) atoms. The van der Waals surface area contributed by atoms with E-state index in [1.54, 1.807) is 18.2 Å². The minimum absolute atomic E-state index is 0.00681. The van der Waals surface area contributed by atoms with Crippen molar-refractivity contribution >= 4 is 5.97 Å². The maximum Gasteiger partial charge on any atom is 0.321 e. The average molecular weight is 623 g/mol. The Bertz CT molecular complexity index is 1450. The third kappa shape index (κ3) is 7.58. The van der Waals surface area contributed by atoms with E-state index >= 15 is 0 Å². The third-order valence-electron chi connectivity index (χ3n) is 10.1. The van der Waals surface area contributed by atoms with Crippen LogP contribution in [0.15, 0.2) is 48.5 Å². The Labute approximate surface area is 266 Å². The van der Waals surface area contributed by atoms with Crippen LogP contribution in [0.4, 0.5) is 8.78 Å². The van der Waals surface area contributed by atoms with Crippen LogP contribution in [0.1, 0.15) is 80.8 Å². The summed E-state index contributed by atoms with van der Waals surface area (Å²) in [4.78, 5) is 16.7. The molecule has 0 radical (unpaired) electrons. The second-order valence-corrected chi connectivity index (χ2v) is 13.3. The van der Waals surface area contributed by atoms with Crippen molar-refractivity contribution in [3.8, 4) is 5.75 Å². The van der Waals surface area contributed by atoms with Crippen LogP contribution in [-0.2, 0) is 17.8 Å². The molecule has 1 aliphatic carbocycles. The summed E-state index contributed by atoms with van der Waals surface area (Å²) in [5.41, 5.74) is 4.07. The molecule has 5 rings (SSSR count). The fourth-order valence-electron chi connectivity index (χ4n) is 7.86. The normalized spacial score (nSPS) is 21.9. The first kappa shape index (κ1) is 33.1. The molecule has 7 nitrogen and oxygen atoms in total. The molecule has 0 amide bonds. The summed E-state index contributed by atoms with van der Waals surface area (Å²) in [5.74, 6) is -0.239. The highest BCUT2D eigenvalue weighted by molar-refractivity contribution is 5.73. The van der Waals surface area contributed by atoms with Crippen molar-refractivity contribution in [1.82, 2.24) is 19.6 Å². The number of ether oxygens (including phenoxy) is 1. The Morgan fingerprint density at radius 2 is 1.87 bits per heavy atom. The molecule has 1 N–H and O–H groups in total. The molecule has 1 aromatic heterocycles. The number of hydrogen-bond donors (Lipinski definition) is 1.